The Morgan fingerprint density at radius 2 is 1.00 bits per heavy atom. The number of fused-ring (bicyclic) bond motifs is 1. The molecule has 0 aliphatic carbocycles. The van der Waals surface area contributed by atoms with Crippen molar-refractivity contribution in [2.45, 2.75) is 139 Å². The molecule has 28 heteroatoms. The third-order valence-electron chi connectivity index (χ3n) is 11.1. The Hall–Kier alpha value is -7.33. The summed E-state index contributed by atoms with van der Waals surface area (Å²) >= 11 is 1.34. The van der Waals surface area contributed by atoms with Gasteiger partial charge < -0.3 is 79.2 Å². The summed E-state index contributed by atoms with van der Waals surface area (Å²) in [6, 6.07) is -6.18. The Morgan fingerprint density at radius 1 is 0.562 bits per heavy atom. The normalized spacial score (nSPS) is 14.8. The summed E-state index contributed by atoms with van der Waals surface area (Å²) in [5, 5.41) is 65.8. The van der Waals surface area contributed by atoms with E-state index < -0.39 is 170 Å². The minimum absolute atomic E-state index is 0.0567. The molecule has 1 aromatic carbocycles. The van der Waals surface area contributed by atoms with Gasteiger partial charge in [-0.25, -0.2) is 4.79 Å². The minimum atomic E-state index is -1.85. The molecule has 0 saturated carbocycles. The second kappa shape index (κ2) is 30.5. The van der Waals surface area contributed by atoms with E-state index in [9.17, 15) is 83.1 Å². The molecule has 1 aromatic heterocycles. The molecule has 0 saturated heterocycles. The van der Waals surface area contributed by atoms with Crippen molar-refractivity contribution in [2.75, 3.05) is 12.0 Å². The van der Waals surface area contributed by atoms with Gasteiger partial charge in [0.25, 0.3) is 0 Å². The standard InChI is InChI=1S/C45H66N10O17S/c1-21(2)36(43(69)52-30(45(71)72)17-18-73-4)54-44(70)37(22(3)56)55-41(67)29(12-16-35(62)63)51-42(68)31(19-23-20-48-26-8-6-5-7-24(23)26)53-40(66)28(11-15-34(60)61)50-39(65)27(10-14-33(58)59)49-38(64)25(46)9-13-32(47)57/h5-8,20-22,25,27-31,36-37,48,56H,9-19,46H2,1-4H3,(H2,47,57)(H,49,64)(H,50,65)(H,51,68)(H,52,69)(H,53,66)(H,54,70)(H,55,67)(H,58,59)(H,60,61)(H,62,63)(H,71,72)/t22-,25+,27+,28+,29+,30+,31+,36+,37+/m1/s1. The molecule has 404 valence electrons. The number of carbonyl (C=O) groups excluding carboxylic acids is 8. The van der Waals surface area contributed by atoms with Crippen LogP contribution in [0.1, 0.15) is 84.1 Å². The number of aliphatic hydroxyl groups is 1. The van der Waals surface area contributed by atoms with Crippen molar-refractivity contribution in [3.63, 3.8) is 0 Å². The lowest BCUT2D eigenvalue weighted by molar-refractivity contribution is -0.143. The zero-order valence-electron chi connectivity index (χ0n) is 40.6. The van der Waals surface area contributed by atoms with Crippen LogP contribution in [0.15, 0.2) is 30.5 Å². The monoisotopic (exact) mass is 1050 g/mol. The number of aliphatic hydroxyl groups excluding tert-OH is 1. The van der Waals surface area contributed by atoms with E-state index in [-0.39, 0.29) is 25.7 Å². The largest absolute Gasteiger partial charge is 0.481 e. The third-order valence-corrected chi connectivity index (χ3v) is 11.8. The molecule has 8 amide bonds. The lowest BCUT2D eigenvalue weighted by Crippen LogP contribution is -2.62. The number of primary amides is 1. The van der Waals surface area contributed by atoms with Gasteiger partial charge in [-0.15, -0.1) is 0 Å². The maximum absolute atomic E-state index is 14.4. The van der Waals surface area contributed by atoms with Crippen LogP contribution in [-0.2, 0) is 64.0 Å². The van der Waals surface area contributed by atoms with Crippen molar-refractivity contribution in [3.05, 3.63) is 36.0 Å². The number of benzene rings is 1. The number of hydrogen-bond donors (Lipinski definition) is 15. The number of carboxylic acids is 4. The Balaban J connectivity index is 2.54. The number of H-pyrrole nitrogens is 1. The predicted molar refractivity (Wildman–Crippen MR) is 260 cm³/mol. The smallest absolute Gasteiger partial charge is 0.326 e. The second-order valence-corrected chi connectivity index (χ2v) is 18.3. The number of aliphatic carboxylic acids is 4. The van der Waals surface area contributed by atoms with Crippen LogP contribution >= 0.6 is 11.8 Å². The van der Waals surface area contributed by atoms with E-state index in [1.54, 1.807) is 30.5 Å². The number of carboxylic acid groups (broad SMARTS) is 4. The number of nitrogens with two attached hydrogens (primary N) is 2. The SMILES string of the molecule is CSCC[C@H](NC(=O)[C@@H](NC(=O)[C@@H](NC(=O)[C@H](CCC(=O)O)NC(=O)[C@H](Cc1c[nH]c2ccccc12)NC(=O)[C@H](CCC(=O)O)NC(=O)[C@H](CCC(=O)O)NC(=O)[C@@H](N)CCC(N)=O)[C@@H](C)O)C(C)C)C(=O)O. The maximum Gasteiger partial charge on any atom is 0.326 e. The van der Waals surface area contributed by atoms with Gasteiger partial charge in [0.15, 0.2) is 0 Å². The molecule has 2 aromatic rings. The van der Waals surface area contributed by atoms with Gasteiger partial charge in [0, 0.05) is 49.2 Å². The number of rotatable bonds is 34. The van der Waals surface area contributed by atoms with Crippen molar-refractivity contribution in [1.29, 1.82) is 0 Å². The molecule has 27 nitrogen and oxygen atoms in total. The van der Waals surface area contributed by atoms with Crippen molar-refractivity contribution in [2.24, 2.45) is 17.4 Å². The summed E-state index contributed by atoms with van der Waals surface area (Å²) < 4.78 is 0. The van der Waals surface area contributed by atoms with E-state index in [4.69, 9.17) is 11.5 Å². The summed E-state index contributed by atoms with van der Waals surface area (Å²) in [6.07, 6.45) is -3.32. The van der Waals surface area contributed by atoms with E-state index >= 15 is 0 Å². The number of aromatic nitrogens is 1. The molecule has 0 radical (unpaired) electrons. The van der Waals surface area contributed by atoms with Crippen LogP contribution in [0, 0.1) is 5.92 Å². The average molecular weight is 1050 g/mol. The molecule has 0 unspecified atom stereocenters. The van der Waals surface area contributed by atoms with Gasteiger partial charge in [-0.1, -0.05) is 32.0 Å². The van der Waals surface area contributed by atoms with Crippen LogP contribution in [0.4, 0.5) is 0 Å². The number of nitrogens with one attached hydrogen (secondary N) is 8. The quantitative estimate of drug-likeness (QED) is 0.0336. The number of aromatic amines is 1. The Kier molecular flexibility index (Phi) is 25.8. The fourth-order valence-corrected chi connectivity index (χ4v) is 7.53. The van der Waals surface area contributed by atoms with Crippen LogP contribution in [0.2, 0.25) is 0 Å². The lowest BCUT2D eigenvalue weighted by atomic mass is 10.0. The van der Waals surface area contributed by atoms with Crippen molar-refractivity contribution in [1.82, 2.24) is 42.2 Å². The van der Waals surface area contributed by atoms with E-state index in [1.165, 1.54) is 31.8 Å². The van der Waals surface area contributed by atoms with Gasteiger partial charge >= 0.3 is 23.9 Å². The zero-order valence-corrected chi connectivity index (χ0v) is 41.5. The summed E-state index contributed by atoms with van der Waals surface area (Å²) in [5.41, 5.74) is 12.0. The molecule has 0 bridgehead atoms. The highest BCUT2D eigenvalue weighted by Crippen LogP contribution is 2.20. The summed E-state index contributed by atoms with van der Waals surface area (Å²) in [4.78, 5) is 157. The lowest BCUT2D eigenvalue weighted by Gasteiger charge is -2.29. The van der Waals surface area contributed by atoms with Crippen LogP contribution < -0.4 is 48.7 Å². The van der Waals surface area contributed by atoms with E-state index in [2.05, 4.69) is 42.2 Å². The van der Waals surface area contributed by atoms with Gasteiger partial charge in [0.05, 0.1) is 12.1 Å². The second-order valence-electron chi connectivity index (χ2n) is 17.4. The highest BCUT2D eigenvalue weighted by Gasteiger charge is 2.37. The van der Waals surface area contributed by atoms with Gasteiger partial charge in [-0.05, 0) is 68.6 Å². The number of carbonyl (C=O) groups is 12. The maximum atomic E-state index is 14.4. The number of hydrogen-bond acceptors (Lipinski definition) is 15. The zero-order chi connectivity index (χ0) is 55.1. The molecule has 73 heavy (non-hydrogen) atoms. The Bertz CT molecular complexity index is 2310. The highest BCUT2D eigenvalue weighted by molar-refractivity contribution is 7.98. The third kappa shape index (κ3) is 21.5. The van der Waals surface area contributed by atoms with Gasteiger partial charge in [-0.2, -0.15) is 11.8 Å². The first-order chi connectivity index (χ1) is 34.2. The fourth-order valence-electron chi connectivity index (χ4n) is 7.06. The van der Waals surface area contributed by atoms with Gasteiger partial charge in [0.2, 0.25) is 47.3 Å². The Morgan fingerprint density at radius 3 is 1.47 bits per heavy atom. The molecular weight excluding hydrogens is 985 g/mol. The Labute approximate surface area is 422 Å². The summed E-state index contributed by atoms with van der Waals surface area (Å²) in [5.74, 6) is -14.3. The van der Waals surface area contributed by atoms with Crippen LogP contribution in [0.5, 0.6) is 0 Å². The first-order valence-corrected chi connectivity index (χ1v) is 24.4. The molecule has 0 spiro atoms. The topological polar surface area (TPSA) is 458 Å². The molecular formula is C45H66N10O17S. The predicted octanol–water partition coefficient (Wildman–Crippen LogP) is -2.83. The molecule has 1 heterocycles. The van der Waals surface area contributed by atoms with E-state index in [0.717, 1.165) is 6.92 Å². The first kappa shape index (κ1) is 61.8. The molecule has 0 aliphatic rings. The van der Waals surface area contributed by atoms with Gasteiger partial charge in [-0.3, -0.25) is 52.7 Å². The fraction of sp³-hybridized carbons (Fsp3) is 0.556. The van der Waals surface area contributed by atoms with Crippen LogP contribution in [-0.4, -0.2) is 168 Å². The van der Waals surface area contributed by atoms with Crippen LogP contribution in [0.3, 0.4) is 0 Å². The molecule has 9 atom stereocenters. The number of thioether (sulfide) groups is 1. The highest BCUT2D eigenvalue weighted by atomic mass is 32.2. The number of para-hydroxylation sites is 1. The van der Waals surface area contributed by atoms with E-state index in [0.29, 0.717) is 22.2 Å². The molecule has 0 aliphatic heterocycles. The van der Waals surface area contributed by atoms with Crippen LogP contribution in [0.25, 0.3) is 10.9 Å². The molecule has 2 rings (SSSR count). The van der Waals surface area contributed by atoms with Gasteiger partial charge in [0.1, 0.15) is 42.3 Å². The van der Waals surface area contributed by atoms with Crippen molar-refractivity contribution < 1.29 is 83.1 Å². The summed E-state index contributed by atoms with van der Waals surface area (Å²) in [6.45, 7) is 4.19. The summed E-state index contributed by atoms with van der Waals surface area (Å²) in [7, 11) is 0. The minimum Gasteiger partial charge on any atom is -0.481 e. The first-order valence-electron chi connectivity index (χ1n) is 23.0. The molecule has 17 N–H and O–H groups in total. The molecule has 0 fully saturated rings. The van der Waals surface area contributed by atoms with E-state index in [1.807, 2.05) is 0 Å². The average Bonchev–Trinajstić information content (AvgIpc) is 3.72. The van der Waals surface area contributed by atoms with Crippen molar-refractivity contribution >= 4 is 93.8 Å². The van der Waals surface area contributed by atoms with Crippen molar-refractivity contribution in [3.8, 4) is 0 Å². The number of amides is 8.